The number of ether oxygens (including phenoxy) is 1. The molecule has 1 aromatic carbocycles. The van der Waals surface area contributed by atoms with Gasteiger partial charge in [0.25, 0.3) is 0 Å². The van der Waals surface area contributed by atoms with Crippen LogP contribution in [0.15, 0.2) is 36.9 Å². The number of hydrogen-bond acceptors (Lipinski definition) is 6. The molecule has 1 aliphatic heterocycles. The Morgan fingerprint density at radius 2 is 2.13 bits per heavy atom. The Morgan fingerprint density at radius 1 is 1.35 bits per heavy atom. The van der Waals surface area contributed by atoms with Crippen molar-refractivity contribution >= 4 is 60.2 Å². The molecule has 2 aromatic rings. The molecule has 0 amide bonds. The molecule has 1 aliphatic rings. The number of nitrogens with zero attached hydrogens (tertiary/aromatic N) is 3. The Balaban J connectivity index is 0.00000341. The topological polar surface area (TPSA) is 65.9 Å². The number of rotatable bonds is 11. The molecule has 1 saturated heterocycles. The third-order valence-corrected chi connectivity index (χ3v) is 6.24. The predicted molar refractivity (Wildman–Crippen MR) is 130 cm³/mol. The van der Waals surface area contributed by atoms with Gasteiger partial charge in [-0.1, -0.05) is 18.2 Å². The van der Waals surface area contributed by atoms with Crippen LogP contribution < -0.4 is 9.64 Å². The number of aliphatic carboxylic acids is 1. The van der Waals surface area contributed by atoms with Crippen LogP contribution in [0.25, 0.3) is 0 Å². The molecule has 8 heteroatoms. The van der Waals surface area contributed by atoms with Crippen molar-refractivity contribution in [3.05, 3.63) is 53.1 Å². The van der Waals surface area contributed by atoms with E-state index in [0.717, 1.165) is 41.6 Å². The average Bonchev–Trinajstić information content (AvgIpc) is 3.09. The minimum absolute atomic E-state index is 0. The van der Waals surface area contributed by atoms with Crippen LogP contribution in [0, 0.1) is 6.92 Å². The maximum atomic E-state index is 11.0. The van der Waals surface area contributed by atoms with Crippen molar-refractivity contribution in [1.82, 2.24) is 9.88 Å². The molecule has 6 nitrogen and oxygen atoms in total. The van der Waals surface area contributed by atoms with Crippen LogP contribution in [-0.4, -0.2) is 91.5 Å². The fourth-order valence-corrected chi connectivity index (χ4v) is 4.69. The van der Waals surface area contributed by atoms with Gasteiger partial charge in [-0.3, -0.25) is 9.69 Å². The van der Waals surface area contributed by atoms with Crippen LogP contribution in [0.4, 0.5) is 5.13 Å². The number of carbonyl (C=O) groups is 1. The number of carboxylic acid groups (broad SMARTS) is 1. The molecule has 0 spiro atoms. The van der Waals surface area contributed by atoms with E-state index in [1.165, 1.54) is 24.1 Å². The molecule has 0 bridgehead atoms. The number of anilines is 1. The third-order valence-electron chi connectivity index (χ3n) is 5.17. The summed E-state index contributed by atoms with van der Waals surface area (Å²) in [5, 5.41) is 10.2. The fourth-order valence-electron chi connectivity index (χ4n) is 3.68. The molecule has 0 saturated carbocycles. The summed E-state index contributed by atoms with van der Waals surface area (Å²) in [4.78, 5) is 21.4. The molecule has 166 valence electrons. The molecule has 0 radical (unpaired) electrons. The van der Waals surface area contributed by atoms with Crippen molar-refractivity contribution in [2.45, 2.75) is 39.2 Å². The van der Waals surface area contributed by atoms with Crippen LogP contribution >= 0.6 is 11.3 Å². The van der Waals surface area contributed by atoms with E-state index in [9.17, 15) is 4.79 Å². The van der Waals surface area contributed by atoms with Gasteiger partial charge in [-0.05, 0) is 43.9 Å². The van der Waals surface area contributed by atoms with E-state index < -0.39 is 5.97 Å². The van der Waals surface area contributed by atoms with Crippen molar-refractivity contribution in [2.24, 2.45) is 0 Å². The Morgan fingerprint density at radius 3 is 2.84 bits per heavy atom. The summed E-state index contributed by atoms with van der Waals surface area (Å²) in [6.07, 6.45) is 6.33. The van der Waals surface area contributed by atoms with Gasteiger partial charge in [0.1, 0.15) is 5.75 Å². The molecular weight excluding hydrogens is 438 g/mol. The maximum absolute atomic E-state index is 11.0. The van der Waals surface area contributed by atoms with Gasteiger partial charge in [-0.2, -0.15) is 0 Å². The molecule has 31 heavy (non-hydrogen) atoms. The minimum atomic E-state index is -0.841. The molecule has 0 unspecified atom stereocenters. The third kappa shape index (κ3) is 8.39. The van der Waals surface area contributed by atoms with Crippen LogP contribution in [0.2, 0.25) is 0 Å². The van der Waals surface area contributed by atoms with Gasteiger partial charge in [0.2, 0.25) is 0 Å². The number of carboxylic acids is 1. The van der Waals surface area contributed by atoms with Crippen molar-refractivity contribution in [2.75, 3.05) is 37.7 Å². The fraction of sp³-hybridized carbons (Fsp3) is 0.478. The predicted octanol–water partition coefficient (Wildman–Crippen LogP) is 3.22. The van der Waals surface area contributed by atoms with Crippen LogP contribution in [0.5, 0.6) is 5.75 Å². The molecule has 1 N–H and O–H groups in total. The van der Waals surface area contributed by atoms with Gasteiger partial charge in [0.05, 0.1) is 18.8 Å². The van der Waals surface area contributed by atoms with Crippen molar-refractivity contribution in [3.63, 3.8) is 0 Å². The summed E-state index contributed by atoms with van der Waals surface area (Å²) >= 11 is 1.78. The molecule has 2 heterocycles. The molecule has 1 aromatic heterocycles. The van der Waals surface area contributed by atoms with Gasteiger partial charge in [0, 0.05) is 37.5 Å². The molecule has 1 fully saturated rings. The second-order valence-electron chi connectivity index (χ2n) is 7.64. The molecule has 0 aliphatic carbocycles. The van der Waals surface area contributed by atoms with Gasteiger partial charge in [0.15, 0.2) is 5.13 Å². The molecular formula is C23H33CaN3O3S. The molecule has 0 atom stereocenters. The summed E-state index contributed by atoms with van der Waals surface area (Å²) in [6, 6.07) is 7.84. The first-order valence-electron chi connectivity index (χ1n) is 10.5. The van der Waals surface area contributed by atoms with Crippen molar-refractivity contribution < 1.29 is 14.6 Å². The molecule has 3 rings (SSSR count). The second kappa shape index (κ2) is 13.4. The Labute approximate surface area is 218 Å². The monoisotopic (exact) mass is 471 g/mol. The van der Waals surface area contributed by atoms with Crippen LogP contribution in [0.3, 0.4) is 0 Å². The van der Waals surface area contributed by atoms with E-state index in [1.54, 1.807) is 17.4 Å². The zero-order chi connectivity index (χ0) is 21.3. The summed E-state index contributed by atoms with van der Waals surface area (Å²) in [7, 11) is 0. The standard InChI is InChI=1S/C23H31N3O3S.Ca.2H/c1-3-11-25(17-22(27)28)16-19-8-7-9-20(15-19)29-14-10-21-18(2)30-23(24-21)26-12-5-4-6-13-26;;;/h3,7-9,15H,1,4-6,10-14,16-17H2,2H3,(H,27,28);;;. The zero-order valence-corrected chi connectivity index (χ0v) is 18.5. The van der Waals surface area contributed by atoms with Crippen molar-refractivity contribution in [3.8, 4) is 5.75 Å². The summed E-state index contributed by atoms with van der Waals surface area (Å²) in [6.45, 7) is 9.69. The SMILES string of the molecule is C=CCN(CC(=O)O)Cc1cccc(OCCc2nc(N3CCCCC3)sc2C)c1.[CaH2]. The number of aryl methyl sites for hydroxylation is 1. The Kier molecular flexibility index (Phi) is 11.3. The number of thiazole rings is 1. The van der Waals surface area contributed by atoms with Gasteiger partial charge >= 0.3 is 43.7 Å². The zero-order valence-electron chi connectivity index (χ0n) is 17.7. The first kappa shape index (κ1) is 26.1. The normalized spacial score (nSPS) is 13.7. The summed E-state index contributed by atoms with van der Waals surface area (Å²) < 4.78 is 5.98. The number of aromatic nitrogens is 1. The summed E-state index contributed by atoms with van der Waals surface area (Å²) in [5.41, 5.74) is 2.14. The van der Waals surface area contributed by atoms with Crippen molar-refractivity contribution in [1.29, 1.82) is 0 Å². The number of piperidine rings is 1. The second-order valence-corrected chi connectivity index (χ2v) is 8.83. The van der Waals surface area contributed by atoms with Gasteiger partial charge in [-0.15, -0.1) is 17.9 Å². The number of hydrogen-bond donors (Lipinski definition) is 1. The van der Waals surface area contributed by atoms with E-state index in [1.807, 2.05) is 29.2 Å². The van der Waals surface area contributed by atoms with Gasteiger partial charge in [-0.25, -0.2) is 4.98 Å². The van der Waals surface area contributed by atoms with E-state index >= 15 is 0 Å². The summed E-state index contributed by atoms with van der Waals surface area (Å²) in [5.74, 6) is -0.0441. The van der Waals surface area contributed by atoms with E-state index in [0.29, 0.717) is 19.7 Å². The number of benzene rings is 1. The Bertz CT molecular complexity index is 852. The van der Waals surface area contributed by atoms with Gasteiger partial charge < -0.3 is 14.7 Å². The average molecular weight is 472 g/mol. The van der Waals surface area contributed by atoms with Crippen LogP contribution in [-0.2, 0) is 17.8 Å². The Hall–Kier alpha value is -1.12. The first-order valence-corrected chi connectivity index (χ1v) is 11.3. The van der Waals surface area contributed by atoms with Crippen LogP contribution in [0.1, 0.15) is 35.4 Å². The van der Waals surface area contributed by atoms with E-state index in [-0.39, 0.29) is 44.3 Å². The van der Waals surface area contributed by atoms with E-state index in [2.05, 4.69) is 18.4 Å². The van der Waals surface area contributed by atoms with E-state index in [4.69, 9.17) is 14.8 Å². The first-order chi connectivity index (χ1) is 14.5. The quantitative estimate of drug-likeness (QED) is 0.401.